The molecule has 0 aliphatic carbocycles. The van der Waals surface area contributed by atoms with Crippen LogP contribution >= 0.6 is 12.2 Å². The van der Waals surface area contributed by atoms with Crippen LogP contribution in [0.25, 0.3) is 0 Å². The molecule has 0 fully saturated rings. The molecule has 0 spiro atoms. The van der Waals surface area contributed by atoms with Gasteiger partial charge >= 0.3 is 0 Å². The van der Waals surface area contributed by atoms with Crippen molar-refractivity contribution in [3.05, 3.63) is 29.8 Å². The smallest absolute Gasteiger partial charge is 0.185 e. The zero-order valence-corrected chi connectivity index (χ0v) is 9.24. The third-order valence-electron chi connectivity index (χ3n) is 1.68. The van der Waals surface area contributed by atoms with E-state index in [-0.39, 0.29) is 0 Å². The quantitative estimate of drug-likeness (QED) is 0.524. The number of hydrogen-bond donors (Lipinski definition) is 3. The molecule has 4 heteroatoms. The molecule has 0 unspecified atom stereocenters. The molecule has 0 atom stereocenters. The minimum atomic E-state index is 0.606. The number of hydrogen-bond acceptors (Lipinski definition) is 2. The highest BCUT2D eigenvalue weighted by molar-refractivity contribution is 7.80. The molecule has 1 aromatic rings. The largest absolute Gasteiger partial charge is 0.362 e. The molecule has 0 saturated heterocycles. The van der Waals surface area contributed by atoms with Gasteiger partial charge in [0.1, 0.15) is 0 Å². The fourth-order valence-corrected chi connectivity index (χ4v) is 1.25. The van der Waals surface area contributed by atoms with E-state index in [4.69, 9.17) is 12.2 Å². The molecule has 3 nitrogen and oxygen atoms in total. The minimum Gasteiger partial charge on any atom is -0.362 e. The number of anilines is 1. The van der Waals surface area contributed by atoms with Crippen LogP contribution in [-0.4, -0.2) is 11.7 Å². The lowest BCUT2D eigenvalue weighted by atomic mass is 10.2. The first kappa shape index (κ1) is 10.8. The maximum absolute atomic E-state index is 5.00. The first-order valence-electron chi connectivity index (χ1n) is 4.59. The van der Waals surface area contributed by atoms with Crippen LogP contribution in [0.5, 0.6) is 0 Å². The van der Waals surface area contributed by atoms with E-state index in [2.05, 4.69) is 16.2 Å². The topological polar surface area (TPSA) is 36.1 Å². The monoisotopic (exact) mass is 209 g/mol. The van der Waals surface area contributed by atoms with Crippen LogP contribution in [0.2, 0.25) is 0 Å². The summed E-state index contributed by atoms with van der Waals surface area (Å²) in [5.74, 6) is 0. The van der Waals surface area contributed by atoms with E-state index in [1.807, 2.05) is 38.1 Å². The molecule has 0 aliphatic rings. The van der Waals surface area contributed by atoms with Crippen LogP contribution < -0.4 is 16.2 Å². The molecule has 0 saturated carbocycles. The summed E-state index contributed by atoms with van der Waals surface area (Å²) in [6.45, 7) is 4.87. The molecular formula is C10H15N3S. The summed E-state index contributed by atoms with van der Waals surface area (Å²) in [7, 11) is 0. The van der Waals surface area contributed by atoms with Crippen LogP contribution in [0.1, 0.15) is 12.5 Å². The highest BCUT2D eigenvalue weighted by Crippen LogP contribution is 2.07. The maximum Gasteiger partial charge on any atom is 0.185 e. The number of rotatable bonds is 3. The van der Waals surface area contributed by atoms with Crippen molar-refractivity contribution in [3.63, 3.8) is 0 Å². The second kappa shape index (κ2) is 5.44. The highest BCUT2D eigenvalue weighted by Gasteiger charge is 1.93. The van der Waals surface area contributed by atoms with Crippen molar-refractivity contribution in [1.82, 2.24) is 10.7 Å². The van der Waals surface area contributed by atoms with Gasteiger partial charge in [0, 0.05) is 6.54 Å². The summed E-state index contributed by atoms with van der Waals surface area (Å²) in [6, 6.07) is 8.07. The third kappa shape index (κ3) is 3.62. The van der Waals surface area contributed by atoms with Crippen molar-refractivity contribution in [2.75, 3.05) is 12.0 Å². The number of thiocarbonyl (C=S) groups is 1. The third-order valence-corrected chi connectivity index (χ3v) is 1.92. The molecule has 0 heterocycles. The normalized spacial score (nSPS) is 9.29. The molecule has 3 N–H and O–H groups in total. The number of benzene rings is 1. The Hall–Kier alpha value is -1.29. The van der Waals surface area contributed by atoms with E-state index in [0.29, 0.717) is 5.11 Å². The number of aryl methyl sites for hydroxylation is 1. The van der Waals surface area contributed by atoms with Gasteiger partial charge in [0.05, 0.1) is 5.69 Å². The van der Waals surface area contributed by atoms with Gasteiger partial charge in [-0.15, -0.1) is 0 Å². The van der Waals surface area contributed by atoms with E-state index < -0.39 is 0 Å². The zero-order chi connectivity index (χ0) is 10.4. The summed E-state index contributed by atoms with van der Waals surface area (Å²) in [4.78, 5) is 0. The van der Waals surface area contributed by atoms with Gasteiger partial charge in [0.25, 0.3) is 0 Å². The lowest BCUT2D eigenvalue weighted by Gasteiger charge is -2.11. The Morgan fingerprint density at radius 2 is 2.21 bits per heavy atom. The van der Waals surface area contributed by atoms with E-state index >= 15 is 0 Å². The molecular weight excluding hydrogens is 194 g/mol. The van der Waals surface area contributed by atoms with Gasteiger partial charge in [-0.3, -0.25) is 10.9 Å². The van der Waals surface area contributed by atoms with E-state index in [1.54, 1.807) is 0 Å². The van der Waals surface area contributed by atoms with Gasteiger partial charge in [-0.05, 0) is 43.8 Å². The Morgan fingerprint density at radius 1 is 1.43 bits per heavy atom. The van der Waals surface area contributed by atoms with Crippen LogP contribution in [-0.2, 0) is 0 Å². The van der Waals surface area contributed by atoms with Crippen LogP contribution in [0.3, 0.4) is 0 Å². The lowest BCUT2D eigenvalue weighted by Crippen LogP contribution is -2.38. The Kier molecular flexibility index (Phi) is 4.19. The molecule has 14 heavy (non-hydrogen) atoms. The Labute approximate surface area is 89.9 Å². The lowest BCUT2D eigenvalue weighted by molar-refractivity contribution is 0.928. The standard InChI is InChI=1S/C10H15N3S/c1-3-11-10(14)13-12-9-6-4-5-8(2)7-9/h4-7,12H,3H2,1-2H3,(H2,11,13,14). The number of nitrogens with one attached hydrogen (secondary N) is 3. The first-order valence-corrected chi connectivity index (χ1v) is 4.99. The average Bonchev–Trinajstić information content (AvgIpc) is 2.15. The van der Waals surface area contributed by atoms with Gasteiger partial charge in [0.2, 0.25) is 0 Å². The summed E-state index contributed by atoms with van der Waals surface area (Å²) in [5, 5.41) is 3.59. The van der Waals surface area contributed by atoms with Crippen molar-refractivity contribution in [2.24, 2.45) is 0 Å². The predicted octanol–water partition coefficient (Wildman–Crippen LogP) is 1.81. The van der Waals surface area contributed by atoms with Crippen LogP contribution in [0, 0.1) is 6.92 Å². The van der Waals surface area contributed by atoms with E-state index in [1.165, 1.54) is 5.56 Å². The summed E-state index contributed by atoms with van der Waals surface area (Å²) in [6.07, 6.45) is 0. The Balaban J connectivity index is 2.41. The molecule has 0 bridgehead atoms. The fourth-order valence-electron chi connectivity index (χ4n) is 1.06. The van der Waals surface area contributed by atoms with E-state index in [0.717, 1.165) is 12.2 Å². The van der Waals surface area contributed by atoms with E-state index in [9.17, 15) is 0 Å². The van der Waals surface area contributed by atoms with Crippen molar-refractivity contribution in [2.45, 2.75) is 13.8 Å². The van der Waals surface area contributed by atoms with Crippen molar-refractivity contribution < 1.29 is 0 Å². The zero-order valence-electron chi connectivity index (χ0n) is 8.42. The van der Waals surface area contributed by atoms with Gasteiger partial charge in [-0.1, -0.05) is 12.1 Å². The maximum atomic E-state index is 5.00. The predicted molar refractivity (Wildman–Crippen MR) is 64.2 cm³/mol. The second-order valence-electron chi connectivity index (χ2n) is 2.98. The Morgan fingerprint density at radius 3 is 2.86 bits per heavy atom. The summed E-state index contributed by atoms with van der Waals surface area (Å²) in [5.41, 5.74) is 8.13. The molecule has 1 rings (SSSR count). The second-order valence-corrected chi connectivity index (χ2v) is 3.39. The summed E-state index contributed by atoms with van der Waals surface area (Å²) >= 11 is 5.00. The van der Waals surface area contributed by atoms with Gasteiger partial charge in [0.15, 0.2) is 5.11 Å². The number of hydrazine groups is 1. The van der Waals surface area contributed by atoms with Crippen LogP contribution in [0.15, 0.2) is 24.3 Å². The summed E-state index contributed by atoms with van der Waals surface area (Å²) < 4.78 is 0. The fraction of sp³-hybridized carbons (Fsp3) is 0.300. The molecule has 0 aliphatic heterocycles. The molecule has 0 radical (unpaired) electrons. The molecule has 0 amide bonds. The van der Waals surface area contributed by atoms with Crippen molar-refractivity contribution >= 4 is 23.0 Å². The SMILES string of the molecule is CCNC(=S)NNc1cccc(C)c1. The van der Waals surface area contributed by atoms with Crippen molar-refractivity contribution in [3.8, 4) is 0 Å². The minimum absolute atomic E-state index is 0.606. The van der Waals surface area contributed by atoms with Crippen LogP contribution in [0.4, 0.5) is 5.69 Å². The van der Waals surface area contributed by atoms with Gasteiger partial charge in [-0.25, -0.2) is 0 Å². The first-order chi connectivity index (χ1) is 6.72. The van der Waals surface area contributed by atoms with Gasteiger partial charge < -0.3 is 5.32 Å². The highest BCUT2D eigenvalue weighted by atomic mass is 32.1. The molecule has 76 valence electrons. The Bertz CT molecular complexity index is 312. The molecule has 0 aromatic heterocycles. The van der Waals surface area contributed by atoms with Gasteiger partial charge in [-0.2, -0.15) is 0 Å². The molecule has 1 aromatic carbocycles. The average molecular weight is 209 g/mol. The van der Waals surface area contributed by atoms with Crippen molar-refractivity contribution in [1.29, 1.82) is 0 Å².